The van der Waals surface area contributed by atoms with Gasteiger partial charge in [0, 0.05) is 24.2 Å². The minimum Gasteiger partial charge on any atom is -0.492 e. The maximum Gasteiger partial charge on any atom is 0.150 e. The Hall–Kier alpha value is -1.35. The van der Waals surface area contributed by atoms with E-state index in [0.29, 0.717) is 24.3 Å². The summed E-state index contributed by atoms with van der Waals surface area (Å²) in [6, 6.07) is 8.59. The smallest absolute Gasteiger partial charge is 0.150 e. The fraction of sp³-hybridized carbons (Fsp3) is 0.562. The van der Waals surface area contributed by atoms with Gasteiger partial charge in [-0.25, -0.2) is 0 Å². The molecule has 1 heterocycles. The summed E-state index contributed by atoms with van der Waals surface area (Å²) in [4.78, 5) is 13.1. The zero-order valence-electron chi connectivity index (χ0n) is 11.8. The molecule has 1 aromatic rings. The highest BCUT2D eigenvalue weighted by molar-refractivity contribution is 5.74. The Balaban J connectivity index is 1.80. The first-order chi connectivity index (χ1) is 9.20. The Morgan fingerprint density at radius 1 is 1.21 bits per heavy atom. The molecular formula is C16H23NO2. The molecule has 0 saturated carbocycles. The molecule has 1 aromatic carbocycles. The lowest BCUT2D eigenvalue weighted by Crippen LogP contribution is -2.45. The van der Waals surface area contributed by atoms with E-state index < -0.39 is 0 Å². The number of ether oxygens (including phenoxy) is 1. The van der Waals surface area contributed by atoms with Gasteiger partial charge in [-0.3, -0.25) is 9.69 Å². The van der Waals surface area contributed by atoms with E-state index in [-0.39, 0.29) is 0 Å². The van der Waals surface area contributed by atoms with Crippen LogP contribution in [0.5, 0.6) is 5.75 Å². The van der Waals surface area contributed by atoms with E-state index in [1.807, 2.05) is 12.1 Å². The van der Waals surface area contributed by atoms with Gasteiger partial charge in [0.15, 0.2) is 0 Å². The summed E-state index contributed by atoms with van der Waals surface area (Å²) in [7, 11) is 0. The van der Waals surface area contributed by atoms with Gasteiger partial charge in [0.2, 0.25) is 0 Å². The summed E-state index contributed by atoms with van der Waals surface area (Å²) in [6.45, 7) is 6.27. The molecule has 1 saturated heterocycles. The summed E-state index contributed by atoms with van der Waals surface area (Å²) >= 11 is 0. The van der Waals surface area contributed by atoms with Crippen LogP contribution in [0.25, 0.3) is 0 Å². The van der Waals surface area contributed by atoms with Crippen LogP contribution in [0.1, 0.15) is 43.5 Å². The summed E-state index contributed by atoms with van der Waals surface area (Å²) in [6.07, 6.45) is 4.77. The molecule has 3 nitrogen and oxygen atoms in total. The lowest BCUT2D eigenvalue weighted by Gasteiger charge is -2.38. The zero-order valence-corrected chi connectivity index (χ0v) is 11.8. The van der Waals surface area contributed by atoms with Gasteiger partial charge in [-0.1, -0.05) is 6.42 Å². The van der Waals surface area contributed by atoms with E-state index in [1.165, 1.54) is 19.3 Å². The summed E-state index contributed by atoms with van der Waals surface area (Å²) in [5.74, 6) is 0.836. The van der Waals surface area contributed by atoms with Gasteiger partial charge in [0.05, 0.1) is 0 Å². The quantitative estimate of drug-likeness (QED) is 0.763. The van der Waals surface area contributed by atoms with Crippen LogP contribution in [-0.4, -0.2) is 36.4 Å². The van der Waals surface area contributed by atoms with Crippen LogP contribution in [0, 0.1) is 0 Å². The van der Waals surface area contributed by atoms with Gasteiger partial charge in [-0.2, -0.15) is 0 Å². The average Bonchev–Trinajstić information content (AvgIpc) is 2.43. The van der Waals surface area contributed by atoms with Gasteiger partial charge in [0.1, 0.15) is 18.6 Å². The van der Waals surface area contributed by atoms with Crippen molar-refractivity contribution in [2.24, 2.45) is 0 Å². The van der Waals surface area contributed by atoms with Gasteiger partial charge in [-0.05, 0) is 51.0 Å². The highest BCUT2D eigenvalue weighted by Crippen LogP contribution is 2.22. The van der Waals surface area contributed by atoms with Crippen molar-refractivity contribution in [1.29, 1.82) is 0 Å². The molecule has 1 aliphatic heterocycles. The average molecular weight is 261 g/mol. The number of carbonyl (C=O) groups excluding carboxylic acids is 1. The first-order valence-electron chi connectivity index (χ1n) is 7.14. The Morgan fingerprint density at radius 3 is 2.42 bits per heavy atom. The number of hydrogen-bond donors (Lipinski definition) is 0. The van der Waals surface area contributed by atoms with Crippen molar-refractivity contribution in [2.75, 3.05) is 13.2 Å². The number of benzene rings is 1. The molecule has 1 aliphatic rings. The number of likely N-dealkylation sites (tertiary alicyclic amines) is 1. The zero-order chi connectivity index (χ0) is 13.7. The highest BCUT2D eigenvalue weighted by atomic mass is 16.5. The molecule has 2 atom stereocenters. The number of aldehydes is 1. The van der Waals surface area contributed by atoms with E-state index in [2.05, 4.69) is 18.7 Å². The van der Waals surface area contributed by atoms with Crippen LogP contribution in [0.2, 0.25) is 0 Å². The van der Waals surface area contributed by atoms with E-state index in [9.17, 15) is 4.79 Å². The fourth-order valence-electron chi connectivity index (χ4n) is 2.83. The number of hydrogen-bond acceptors (Lipinski definition) is 3. The Morgan fingerprint density at radius 2 is 1.84 bits per heavy atom. The minimum absolute atomic E-state index is 0.657. The molecule has 1 fully saturated rings. The Bertz CT molecular complexity index is 392. The highest BCUT2D eigenvalue weighted by Gasteiger charge is 2.23. The van der Waals surface area contributed by atoms with Crippen LogP contribution in [0.3, 0.4) is 0 Å². The van der Waals surface area contributed by atoms with Crippen molar-refractivity contribution < 1.29 is 9.53 Å². The molecule has 0 amide bonds. The molecule has 0 spiro atoms. The third-order valence-corrected chi connectivity index (χ3v) is 4.01. The largest absolute Gasteiger partial charge is 0.492 e. The van der Waals surface area contributed by atoms with Crippen LogP contribution >= 0.6 is 0 Å². The molecule has 19 heavy (non-hydrogen) atoms. The first-order valence-corrected chi connectivity index (χ1v) is 7.14. The molecule has 0 aromatic heterocycles. The van der Waals surface area contributed by atoms with Crippen LogP contribution < -0.4 is 4.74 Å². The number of carbonyl (C=O) groups is 1. The maximum absolute atomic E-state index is 10.6. The first kappa shape index (κ1) is 14.1. The Labute approximate surface area is 115 Å². The van der Waals surface area contributed by atoms with Gasteiger partial charge >= 0.3 is 0 Å². The van der Waals surface area contributed by atoms with Crippen molar-refractivity contribution in [3.8, 4) is 5.75 Å². The van der Waals surface area contributed by atoms with Gasteiger partial charge in [-0.15, -0.1) is 0 Å². The molecule has 0 bridgehead atoms. The summed E-state index contributed by atoms with van der Waals surface area (Å²) in [5, 5.41) is 0. The van der Waals surface area contributed by atoms with Crippen molar-refractivity contribution in [3.05, 3.63) is 29.8 Å². The van der Waals surface area contributed by atoms with Crippen LogP contribution in [-0.2, 0) is 0 Å². The SMILES string of the molecule is C[C@H]1CCC[C@H](C)N1CCOc1ccc(C=O)cc1. The lowest BCUT2D eigenvalue weighted by molar-refractivity contribution is 0.0851. The van der Waals surface area contributed by atoms with Crippen LogP contribution in [0.15, 0.2) is 24.3 Å². The van der Waals surface area contributed by atoms with Gasteiger partial charge < -0.3 is 4.74 Å². The van der Waals surface area contributed by atoms with E-state index in [0.717, 1.165) is 18.6 Å². The molecule has 104 valence electrons. The third kappa shape index (κ3) is 3.80. The molecule has 2 rings (SSSR count). The molecular weight excluding hydrogens is 238 g/mol. The van der Waals surface area contributed by atoms with Crippen molar-refractivity contribution >= 4 is 6.29 Å². The normalized spacial score (nSPS) is 24.1. The Kier molecular flexibility index (Phi) is 4.97. The second-order valence-electron chi connectivity index (χ2n) is 5.40. The van der Waals surface area contributed by atoms with Crippen molar-refractivity contribution in [3.63, 3.8) is 0 Å². The third-order valence-electron chi connectivity index (χ3n) is 4.01. The topological polar surface area (TPSA) is 29.5 Å². The van der Waals surface area contributed by atoms with Crippen molar-refractivity contribution in [1.82, 2.24) is 4.90 Å². The van der Waals surface area contributed by atoms with E-state index in [4.69, 9.17) is 4.74 Å². The molecule has 0 aliphatic carbocycles. The number of piperidine rings is 1. The molecule has 0 N–H and O–H groups in total. The number of nitrogens with zero attached hydrogens (tertiary/aromatic N) is 1. The monoisotopic (exact) mass is 261 g/mol. The number of rotatable bonds is 5. The second kappa shape index (κ2) is 6.71. The predicted molar refractivity (Wildman–Crippen MR) is 76.8 cm³/mol. The molecule has 0 radical (unpaired) electrons. The van der Waals surface area contributed by atoms with Gasteiger partial charge in [0.25, 0.3) is 0 Å². The van der Waals surface area contributed by atoms with E-state index >= 15 is 0 Å². The second-order valence-corrected chi connectivity index (χ2v) is 5.40. The van der Waals surface area contributed by atoms with Crippen molar-refractivity contribution in [2.45, 2.75) is 45.2 Å². The summed E-state index contributed by atoms with van der Waals surface area (Å²) in [5.41, 5.74) is 0.686. The maximum atomic E-state index is 10.6. The minimum atomic E-state index is 0.657. The van der Waals surface area contributed by atoms with E-state index in [1.54, 1.807) is 12.1 Å². The summed E-state index contributed by atoms with van der Waals surface area (Å²) < 4.78 is 5.75. The predicted octanol–water partition coefficient (Wildman–Crippen LogP) is 3.14. The molecule has 3 heteroatoms. The molecule has 0 unspecified atom stereocenters. The fourth-order valence-corrected chi connectivity index (χ4v) is 2.83. The lowest BCUT2D eigenvalue weighted by atomic mass is 9.98. The van der Waals surface area contributed by atoms with Crippen LogP contribution in [0.4, 0.5) is 0 Å². The standard InChI is InChI=1S/C16H23NO2/c1-13-4-3-5-14(2)17(13)10-11-19-16-8-6-15(12-18)7-9-16/h6-9,12-14H,3-5,10-11H2,1-2H3/t13-,14-/m0/s1.